The molecule has 29 heavy (non-hydrogen) atoms. The standard InChI is InChI=1S/C19H20F3IN4O2/c1-11-8-12(23)10-25-18(11)26-17-13(9-14(20)15(21)16(17)22)19(28)24-2-3-27-4-6-29-7-5-27/h8-10H,2-7H2,1H3,(H,24,28)(H,25,26). The first-order valence-corrected chi connectivity index (χ1v) is 10.1. The lowest BCUT2D eigenvalue weighted by Crippen LogP contribution is -2.41. The van der Waals surface area contributed by atoms with E-state index in [2.05, 4.69) is 43.1 Å². The minimum atomic E-state index is -1.65. The Labute approximate surface area is 180 Å². The number of rotatable bonds is 6. The molecular formula is C19H20F3IN4O2. The van der Waals surface area contributed by atoms with Gasteiger partial charge in [-0.15, -0.1) is 0 Å². The van der Waals surface area contributed by atoms with Crippen LogP contribution in [0.3, 0.4) is 0 Å². The highest BCUT2D eigenvalue weighted by atomic mass is 127. The van der Waals surface area contributed by atoms with Crippen molar-refractivity contribution in [2.75, 3.05) is 44.7 Å². The highest BCUT2D eigenvalue weighted by molar-refractivity contribution is 14.1. The molecule has 0 atom stereocenters. The summed E-state index contributed by atoms with van der Waals surface area (Å²) in [6.45, 7) is 5.33. The van der Waals surface area contributed by atoms with Gasteiger partial charge in [-0.05, 0) is 47.2 Å². The summed E-state index contributed by atoms with van der Waals surface area (Å²) in [5, 5.41) is 5.27. The van der Waals surface area contributed by atoms with E-state index in [1.165, 1.54) is 6.20 Å². The minimum absolute atomic E-state index is 0.248. The second kappa shape index (κ2) is 9.72. The van der Waals surface area contributed by atoms with Crippen molar-refractivity contribution in [1.82, 2.24) is 15.2 Å². The highest BCUT2D eigenvalue weighted by Crippen LogP contribution is 2.29. The van der Waals surface area contributed by atoms with Crippen molar-refractivity contribution in [2.45, 2.75) is 6.92 Å². The molecule has 1 saturated heterocycles. The Morgan fingerprint density at radius 1 is 1.24 bits per heavy atom. The topological polar surface area (TPSA) is 66.5 Å². The molecule has 0 unspecified atom stereocenters. The number of morpholine rings is 1. The van der Waals surface area contributed by atoms with Crippen molar-refractivity contribution >= 4 is 40.0 Å². The van der Waals surface area contributed by atoms with Crippen LogP contribution in [-0.2, 0) is 4.74 Å². The second-order valence-electron chi connectivity index (χ2n) is 6.56. The molecule has 1 aromatic carbocycles. The molecule has 156 valence electrons. The van der Waals surface area contributed by atoms with Crippen molar-refractivity contribution in [3.8, 4) is 0 Å². The van der Waals surface area contributed by atoms with Crippen molar-refractivity contribution in [3.63, 3.8) is 0 Å². The van der Waals surface area contributed by atoms with Crippen LogP contribution in [0.5, 0.6) is 0 Å². The Hall–Kier alpha value is -1.92. The first kappa shape index (κ1) is 21.8. The average Bonchev–Trinajstić information content (AvgIpc) is 2.70. The molecule has 6 nitrogen and oxygen atoms in total. The molecule has 10 heteroatoms. The fourth-order valence-corrected chi connectivity index (χ4v) is 3.54. The van der Waals surface area contributed by atoms with Crippen molar-refractivity contribution in [2.24, 2.45) is 0 Å². The maximum atomic E-state index is 14.5. The molecule has 1 aromatic heterocycles. The van der Waals surface area contributed by atoms with Crippen molar-refractivity contribution in [1.29, 1.82) is 0 Å². The van der Waals surface area contributed by atoms with Crippen LogP contribution in [-0.4, -0.2) is 55.2 Å². The lowest BCUT2D eigenvalue weighted by Gasteiger charge is -2.26. The van der Waals surface area contributed by atoms with Crippen LogP contribution in [0.2, 0.25) is 0 Å². The van der Waals surface area contributed by atoms with Crippen LogP contribution in [0.4, 0.5) is 24.7 Å². The average molecular weight is 520 g/mol. The normalized spacial score (nSPS) is 14.7. The van der Waals surface area contributed by atoms with E-state index in [0.29, 0.717) is 31.4 Å². The van der Waals surface area contributed by atoms with Gasteiger partial charge in [0.25, 0.3) is 5.91 Å². The molecule has 3 rings (SSSR count). The fourth-order valence-electron chi connectivity index (χ4n) is 2.93. The zero-order valence-corrected chi connectivity index (χ0v) is 17.9. The molecule has 2 N–H and O–H groups in total. The Morgan fingerprint density at radius 3 is 2.66 bits per heavy atom. The lowest BCUT2D eigenvalue weighted by atomic mass is 10.1. The number of hydrogen-bond acceptors (Lipinski definition) is 5. The predicted molar refractivity (Wildman–Crippen MR) is 111 cm³/mol. The molecule has 0 saturated carbocycles. The zero-order chi connectivity index (χ0) is 21.0. The summed E-state index contributed by atoms with van der Waals surface area (Å²) in [4.78, 5) is 18.8. The van der Waals surface area contributed by atoms with E-state index < -0.39 is 29.0 Å². The third kappa shape index (κ3) is 5.37. The number of aryl methyl sites for hydroxylation is 1. The maximum absolute atomic E-state index is 14.5. The molecule has 1 fully saturated rings. The van der Waals surface area contributed by atoms with Gasteiger partial charge in [0, 0.05) is 35.9 Å². The molecule has 0 bridgehead atoms. The van der Waals surface area contributed by atoms with Gasteiger partial charge in [0.15, 0.2) is 17.5 Å². The van der Waals surface area contributed by atoms with Gasteiger partial charge in [0.1, 0.15) is 5.82 Å². The molecular weight excluding hydrogens is 500 g/mol. The molecule has 1 amide bonds. The van der Waals surface area contributed by atoms with E-state index >= 15 is 0 Å². The van der Waals surface area contributed by atoms with Gasteiger partial charge in [0.05, 0.1) is 24.5 Å². The fraction of sp³-hybridized carbons (Fsp3) is 0.368. The van der Waals surface area contributed by atoms with Crippen LogP contribution in [0.25, 0.3) is 0 Å². The van der Waals surface area contributed by atoms with Crippen LogP contribution in [0.15, 0.2) is 18.3 Å². The van der Waals surface area contributed by atoms with Gasteiger partial charge in [-0.25, -0.2) is 18.2 Å². The smallest absolute Gasteiger partial charge is 0.253 e. The van der Waals surface area contributed by atoms with Crippen LogP contribution in [0.1, 0.15) is 15.9 Å². The molecule has 1 aliphatic rings. The molecule has 2 aromatic rings. The number of ether oxygens (including phenoxy) is 1. The number of amides is 1. The van der Waals surface area contributed by atoms with Gasteiger partial charge < -0.3 is 15.4 Å². The highest BCUT2D eigenvalue weighted by Gasteiger charge is 2.24. The van der Waals surface area contributed by atoms with Crippen LogP contribution >= 0.6 is 22.6 Å². The number of nitrogens with zero attached hydrogens (tertiary/aromatic N) is 2. The van der Waals surface area contributed by atoms with Gasteiger partial charge in [0.2, 0.25) is 0 Å². The first-order valence-electron chi connectivity index (χ1n) is 9.01. The predicted octanol–water partition coefficient (Wildman–Crippen LogP) is 3.22. The Morgan fingerprint density at radius 2 is 1.97 bits per heavy atom. The molecule has 0 aliphatic carbocycles. The van der Waals surface area contributed by atoms with Crippen molar-refractivity contribution < 1.29 is 22.7 Å². The number of carbonyl (C=O) groups excluding carboxylic acids is 1. The quantitative estimate of drug-likeness (QED) is 0.453. The van der Waals surface area contributed by atoms with E-state index in [0.717, 1.165) is 16.7 Å². The number of nitrogens with one attached hydrogen (secondary N) is 2. The van der Waals surface area contributed by atoms with Gasteiger partial charge in [-0.2, -0.15) is 0 Å². The first-order chi connectivity index (χ1) is 13.9. The Bertz CT molecular complexity index is 908. The summed E-state index contributed by atoms with van der Waals surface area (Å²) < 4.78 is 48.2. The summed E-state index contributed by atoms with van der Waals surface area (Å²) >= 11 is 2.07. The molecule has 1 aliphatic heterocycles. The van der Waals surface area contributed by atoms with E-state index in [1.807, 2.05) is 0 Å². The molecule has 0 radical (unpaired) electrons. The third-order valence-corrected chi connectivity index (χ3v) is 5.10. The zero-order valence-electron chi connectivity index (χ0n) is 15.7. The second-order valence-corrected chi connectivity index (χ2v) is 7.81. The number of aromatic nitrogens is 1. The number of hydrogen-bond donors (Lipinski definition) is 2. The maximum Gasteiger partial charge on any atom is 0.253 e. The van der Waals surface area contributed by atoms with Crippen LogP contribution in [0, 0.1) is 27.9 Å². The SMILES string of the molecule is Cc1cc(I)cnc1Nc1c(C(=O)NCCN2CCOCC2)cc(F)c(F)c1F. The van der Waals surface area contributed by atoms with E-state index in [4.69, 9.17) is 4.74 Å². The lowest BCUT2D eigenvalue weighted by molar-refractivity contribution is 0.0383. The summed E-state index contributed by atoms with van der Waals surface area (Å²) in [5.41, 5.74) is -0.118. The third-order valence-electron chi connectivity index (χ3n) is 4.51. The summed E-state index contributed by atoms with van der Waals surface area (Å²) in [5.74, 6) is -5.01. The minimum Gasteiger partial charge on any atom is -0.379 e. The van der Waals surface area contributed by atoms with E-state index in [-0.39, 0.29) is 17.9 Å². The van der Waals surface area contributed by atoms with Gasteiger partial charge in [-0.1, -0.05) is 0 Å². The molecule has 0 spiro atoms. The van der Waals surface area contributed by atoms with E-state index in [1.54, 1.807) is 13.0 Å². The van der Waals surface area contributed by atoms with Gasteiger partial charge >= 0.3 is 0 Å². The summed E-state index contributed by atoms with van der Waals surface area (Å²) in [6.07, 6.45) is 1.54. The summed E-state index contributed by atoms with van der Waals surface area (Å²) in [7, 11) is 0. The van der Waals surface area contributed by atoms with E-state index in [9.17, 15) is 18.0 Å². The largest absolute Gasteiger partial charge is 0.379 e. The number of halogens is 4. The number of anilines is 2. The number of carbonyl (C=O) groups is 1. The van der Waals surface area contributed by atoms with Crippen molar-refractivity contribution in [3.05, 3.63) is 50.5 Å². The van der Waals surface area contributed by atoms with Gasteiger partial charge in [-0.3, -0.25) is 9.69 Å². The Balaban J connectivity index is 1.80. The monoisotopic (exact) mass is 520 g/mol. The summed E-state index contributed by atoms with van der Waals surface area (Å²) in [6, 6.07) is 2.47. The van der Waals surface area contributed by atoms with Crippen LogP contribution < -0.4 is 10.6 Å². The Kier molecular flexibility index (Phi) is 7.30. The number of pyridine rings is 1. The molecule has 2 heterocycles. The number of benzene rings is 1.